The fourth-order valence-corrected chi connectivity index (χ4v) is 9.89. The highest BCUT2D eigenvalue weighted by Crippen LogP contribution is 2.53. The van der Waals surface area contributed by atoms with Gasteiger partial charge in [-0.3, -0.25) is 0 Å². The molecule has 1 aromatic carbocycles. The van der Waals surface area contributed by atoms with Crippen molar-refractivity contribution in [1.29, 1.82) is 0 Å². The summed E-state index contributed by atoms with van der Waals surface area (Å²) in [5.74, 6) is 0. The average molecular weight is 432 g/mol. The number of hydrogen-bond donors (Lipinski definition) is 1. The van der Waals surface area contributed by atoms with Crippen molar-refractivity contribution in [2.45, 2.75) is 80.4 Å². The van der Waals surface area contributed by atoms with E-state index in [1.807, 2.05) is 0 Å². The van der Waals surface area contributed by atoms with Crippen LogP contribution in [-0.2, 0) is 10.0 Å². The van der Waals surface area contributed by atoms with Gasteiger partial charge in [0.05, 0.1) is 4.90 Å². The van der Waals surface area contributed by atoms with Gasteiger partial charge in [0.1, 0.15) is 0 Å². The molecule has 0 atom stereocenters. The summed E-state index contributed by atoms with van der Waals surface area (Å²) in [5, 5.41) is 0. The van der Waals surface area contributed by atoms with Crippen molar-refractivity contribution in [3.63, 3.8) is 0 Å². The van der Waals surface area contributed by atoms with Gasteiger partial charge in [-0.05, 0) is 69.3 Å². The predicted octanol–water partition coefficient (Wildman–Crippen LogP) is 5.79. The molecule has 0 unspecified atom stereocenters. The Hall–Kier alpha value is 0.0400. The van der Waals surface area contributed by atoms with Crippen LogP contribution in [0.1, 0.15) is 64.2 Å². The van der Waals surface area contributed by atoms with Gasteiger partial charge < -0.3 is 0 Å². The first-order chi connectivity index (χ1) is 11.6. The van der Waals surface area contributed by atoms with Gasteiger partial charge in [-0.2, -0.15) is 4.49 Å². The van der Waals surface area contributed by atoms with Crippen molar-refractivity contribution in [1.82, 2.24) is 4.49 Å². The maximum absolute atomic E-state index is 12.9. The Morgan fingerprint density at radius 2 is 1.29 bits per heavy atom. The van der Waals surface area contributed by atoms with Crippen molar-refractivity contribution in [2.24, 2.45) is 0 Å². The Labute approximate surface area is 156 Å². The van der Waals surface area contributed by atoms with Crippen molar-refractivity contribution in [3.05, 3.63) is 28.7 Å². The Morgan fingerprint density at radius 3 is 1.75 bits per heavy atom. The molecule has 0 amide bonds. The third-order valence-electron chi connectivity index (χ3n) is 5.29. The molecule has 3 nitrogen and oxygen atoms in total. The van der Waals surface area contributed by atoms with E-state index < -0.39 is 18.1 Å². The summed E-state index contributed by atoms with van der Waals surface area (Å²) in [7, 11) is -4.08. The van der Waals surface area contributed by atoms with Crippen LogP contribution in [0.4, 0.5) is 0 Å². The van der Waals surface area contributed by atoms with E-state index in [4.69, 9.17) is 0 Å². The molecule has 6 heteroatoms. The standard InChI is InChI=1S/C18H27BrNO2PS/c19-15-11-13-18(14-12-15)24(21,22)20-23(16-7-3-1-4-8-16)17-9-5-2-6-10-17/h11-14,16-17,20H,1-10H2. The summed E-state index contributed by atoms with van der Waals surface area (Å²) < 4.78 is 30.0. The number of halogens is 1. The number of hydrogen-bond acceptors (Lipinski definition) is 2. The summed E-state index contributed by atoms with van der Waals surface area (Å²) in [5.41, 5.74) is 1.14. The number of nitrogens with one attached hydrogen (secondary N) is 1. The third-order valence-corrected chi connectivity index (χ3v) is 11.1. The lowest BCUT2D eigenvalue weighted by molar-refractivity contribution is 0.482. The molecular formula is C18H27BrNO2PS. The first kappa shape index (κ1) is 18.8. The van der Waals surface area contributed by atoms with E-state index in [2.05, 4.69) is 20.4 Å². The first-order valence-corrected chi connectivity index (χ1v) is 12.9. The van der Waals surface area contributed by atoms with E-state index in [1.54, 1.807) is 24.3 Å². The third kappa shape index (κ3) is 4.81. The molecule has 2 saturated carbocycles. The van der Waals surface area contributed by atoms with Crippen LogP contribution in [-0.4, -0.2) is 19.7 Å². The molecule has 1 aromatic rings. The van der Waals surface area contributed by atoms with E-state index in [-0.39, 0.29) is 0 Å². The molecular weight excluding hydrogens is 405 g/mol. The SMILES string of the molecule is O=S(=O)(NP(C1CCCCC1)C1CCCCC1)c1ccc(Br)cc1. The number of rotatable bonds is 5. The second-order valence-corrected chi connectivity index (χ2v) is 12.4. The van der Waals surface area contributed by atoms with Gasteiger partial charge in [0.2, 0.25) is 10.0 Å². The molecule has 0 spiro atoms. The van der Waals surface area contributed by atoms with Crippen LogP contribution in [0.5, 0.6) is 0 Å². The van der Waals surface area contributed by atoms with Gasteiger partial charge in [0.15, 0.2) is 0 Å². The number of benzene rings is 1. The van der Waals surface area contributed by atoms with Crippen LogP contribution in [0.15, 0.2) is 33.6 Å². The lowest BCUT2D eigenvalue weighted by Gasteiger charge is -2.38. The lowest BCUT2D eigenvalue weighted by Crippen LogP contribution is -2.31. The molecule has 1 N–H and O–H groups in total. The van der Waals surface area contributed by atoms with E-state index in [1.165, 1.54) is 64.2 Å². The summed E-state index contributed by atoms with van der Waals surface area (Å²) in [6, 6.07) is 7.00. The molecule has 3 rings (SSSR count). The molecule has 0 aliphatic heterocycles. The molecule has 134 valence electrons. The zero-order valence-corrected chi connectivity index (χ0v) is 17.4. The molecule has 0 saturated heterocycles. The second-order valence-electron chi connectivity index (χ2n) is 7.04. The zero-order valence-electron chi connectivity index (χ0n) is 14.1. The summed E-state index contributed by atoms with van der Waals surface area (Å²) in [6.07, 6.45) is 12.5. The van der Waals surface area contributed by atoms with Crippen LogP contribution in [0.2, 0.25) is 0 Å². The molecule has 0 aromatic heterocycles. The van der Waals surface area contributed by atoms with Crippen LogP contribution in [0.3, 0.4) is 0 Å². The van der Waals surface area contributed by atoms with Gasteiger partial charge >= 0.3 is 0 Å². The molecule has 2 fully saturated rings. The quantitative estimate of drug-likeness (QED) is 0.599. The van der Waals surface area contributed by atoms with Gasteiger partial charge in [0.25, 0.3) is 0 Å². The highest BCUT2D eigenvalue weighted by Gasteiger charge is 2.34. The van der Waals surface area contributed by atoms with E-state index >= 15 is 0 Å². The van der Waals surface area contributed by atoms with Crippen molar-refractivity contribution >= 4 is 34.0 Å². The van der Waals surface area contributed by atoms with E-state index in [9.17, 15) is 8.42 Å². The topological polar surface area (TPSA) is 46.2 Å². The number of sulfonamides is 1. The van der Waals surface area contributed by atoms with Gasteiger partial charge in [-0.1, -0.05) is 54.5 Å². The Bertz CT molecular complexity index is 605. The van der Waals surface area contributed by atoms with Crippen LogP contribution < -0.4 is 4.49 Å². The summed E-state index contributed by atoms with van der Waals surface area (Å²) in [6.45, 7) is 0. The molecule has 0 bridgehead atoms. The second kappa shape index (κ2) is 8.62. The minimum atomic E-state index is -3.42. The van der Waals surface area contributed by atoms with E-state index in [0.29, 0.717) is 16.2 Å². The zero-order chi connectivity index (χ0) is 17.0. The van der Waals surface area contributed by atoms with Gasteiger partial charge in [-0.15, -0.1) is 0 Å². The Balaban J connectivity index is 1.80. The molecule has 0 radical (unpaired) electrons. The summed E-state index contributed by atoms with van der Waals surface area (Å²) in [4.78, 5) is 0.393. The normalized spacial score (nSPS) is 21.2. The molecule has 2 aliphatic rings. The first-order valence-electron chi connectivity index (χ1n) is 9.12. The highest BCUT2D eigenvalue weighted by molar-refractivity contribution is 9.10. The maximum Gasteiger partial charge on any atom is 0.243 e. The molecule has 2 aliphatic carbocycles. The Kier molecular flexibility index (Phi) is 6.76. The fourth-order valence-electron chi connectivity index (χ4n) is 3.97. The lowest BCUT2D eigenvalue weighted by atomic mass is 10.00. The smallest absolute Gasteiger partial charge is 0.207 e. The minimum Gasteiger partial charge on any atom is -0.207 e. The monoisotopic (exact) mass is 431 g/mol. The highest BCUT2D eigenvalue weighted by atomic mass is 79.9. The van der Waals surface area contributed by atoms with Crippen molar-refractivity contribution in [3.8, 4) is 0 Å². The van der Waals surface area contributed by atoms with Crippen LogP contribution in [0, 0.1) is 0 Å². The summed E-state index contributed by atoms with van der Waals surface area (Å²) >= 11 is 3.38. The van der Waals surface area contributed by atoms with Crippen molar-refractivity contribution in [2.75, 3.05) is 0 Å². The molecule has 0 heterocycles. The van der Waals surface area contributed by atoms with Gasteiger partial charge in [-0.25, -0.2) is 8.42 Å². The van der Waals surface area contributed by atoms with Crippen LogP contribution >= 0.6 is 24.0 Å². The maximum atomic E-state index is 12.9. The largest absolute Gasteiger partial charge is 0.243 e. The fraction of sp³-hybridized carbons (Fsp3) is 0.667. The molecule has 24 heavy (non-hydrogen) atoms. The predicted molar refractivity (Wildman–Crippen MR) is 105 cm³/mol. The van der Waals surface area contributed by atoms with Crippen LogP contribution in [0.25, 0.3) is 0 Å². The average Bonchev–Trinajstić information content (AvgIpc) is 2.62. The van der Waals surface area contributed by atoms with Gasteiger partial charge in [0, 0.05) is 4.47 Å². The minimum absolute atomic E-state index is 0.393. The van der Waals surface area contributed by atoms with Crippen molar-refractivity contribution < 1.29 is 8.42 Å². The van der Waals surface area contributed by atoms with E-state index in [0.717, 1.165) is 4.47 Å². The Morgan fingerprint density at radius 1 is 0.833 bits per heavy atom.